The molecule has 3 heterocycles. The number of nitrogens with zero attached hydrogens (tertiary/aromatic N) is 5. The van der Waals surface area contributed by atoms with Gasteiger partial charge in [-0.3, -0.25) is 0 Å². The molecule has 0 N–H and O–H groups in total. The van der Waals surface area contributed by atoms with Crippen molar-refractivity contribution in [2.24, 2.45) is 0 Å². The molecule has 6 heteroatoms. The molecule has 0 atom stereocenters. The third-order valence-corrected chi connectivity index (χ3v) is 10.8. The molecule has 0 radical (unpaired) electrons. The van der Waals surface area contributed by atoms with Crippen molar-refractivity contribution in [2.45, 2.75) is 12.8 Å². The quantitative estimate of drug-likeness (QED) is 0.182. The van der Waals surface area contributed by atoms with Crippen molar-refractivity contribution in [1.82, 2.24) is 24.9 Å². The minimum Gasteiger partial charge on any atom is -0.232 e. The summed E-state index contributed by atoms with van der Waals surface area (Å²) in [7, 11) is 0. The molecule has 0 unspecified atom stereocenters. The molecule has 0 spiro atoms. The van der Waals surface area contributed by atoms with Gasteiger partial charge < -0.3 is 0 Å². The SMILES string of the molecule is C1=Cc2c(nc(-c3cccc4c3sc3cccc(-c5nc(-c6ccccc6)nc(-c6ccccc6)n5)c34)nc2-c2ccc3ccccc3c2)CC1. The van der Waals surface area contributed by atoms with E-state index in [0.29, 0.717) is 17.5 Å². The molecule has 1 aliphatic rings. The molecule has 10 rings (SSSR count). The van der Waals surface area contributed by atoms with Crippen molar-refractivity contribution < 1.29 is 0 Å². The molecule has 0 bridgehead atoms. The van der Waals surface area contributed by atoms with Crippen LogP contribution in [0.3, 0.4) is 0 Å². The van der Waals surface area contributed by atoms with Crippen LogP contribution in [0.5, 0.6) is 0 Å². The molecule has 6 aromatic carbocycles. The van der Waals surface area contributed by atoms with E-state index in [1.165, 1.54) is 10.8 Å². The van der Waals surface area contributed by atoms with E-state index in [1.807, 2.05) is 60.7 Å². The van der Waals surface area contributed by atoms with Gasteiger partial charge in [-0.2, -0.15) is 0 Å². The second-order valence-corrected chi connectivity index (χ2v) is 13.8. The Balaban J connectivity index is 1.17. The minimum absolute atomic E-state index is 0.647. The Kier molecular flexibility index (Phi) is 7.06. The average Bonchev–Trinajstić information content (AvgIpc) is 3.60. The van der Waals surface area contributed by atoms with Gasteiger partial charge in [0, 0.05) is 53.6 Å². The second-order valence-electron chi connectivity index (χ2n) is 12.8. The third kappa shape index (κ3) is 5.20. The topological polar surface area (TPSA) is 64.5 Å². The first-order valence-electron chi connectivity index (χ1n) is 17.2. The standard InChI is InChI=1S/C45H29N5S/c1-3-14-29(15-4-1)42-48-43(30-16-5-2-6-17-30)50-44(49-42)35-21-12-24-38-39(35)34-20-11-22-36(41(34)51-38)45-46-37-23-10-9-19-33(37)40(47-45)32-26-25-28-13-7-8-18-31(28)27-32/h1-9,11-22,24-27H,10,23H2. The van der Waals surface area contributed by atoms with Crippen molar-refractivity contribution in [2.75, 3.05) is 0 Å². The van der Waals surface area contributed by atoms with Gasteiger partial charge in [0.15, 0.2) is 23.3 Å². The highest BCUT2D eigenvalue weighted by atomic mass is 32.1. The normalized spacial score (nSPS) is 12.5. The molecule has 0 fully saturated rings. The Bertz CT molecular complexity index is 2750. The van der Waals surface area contributed by atoms with Gasteiger partial charge >= 0.3 is 0 Å². The summed E-state index contributed by atoms with van der Waals surface area (Å²) >= 11 is 1.77. The lowest BCUT2D eigenvalue weighted by Crippen LogP contribution is -2.05. The number of aryl methyl sites for hydroxylation is 1. The average molecular weight is 672 g/mol. The maximum atomic E-state index is 5.34. The van der Waals surface area contributed by atoms with E-state index in [9.17, 15) is 0 Å². The fraction of sp³-hybridized carbons (Fsp3) is 0.0444. The molecule has 51 heavy (non-hydrogen) atoms. The van der Waals surface area contributed by atoms with Gasteiger partial charge in [-0.15, -0.1) is 11.3 Å². The lowest BCUT2D eigenvalue weighted by Gasteiger charge is -2.16. The van der Waals surface area contributed by atoms with E-state index in [0.717, 1.165) is 83.6 Å². The number of allylic oxidation sites excluding steroid dienone is 1. The van der Waals surface area contributed by atoms with Crippen LogP contribution in [0, 0.1) is 0 Å². The number of rotatable bonds is 5. The minimum atomic E-state index is 0.647. The highest BCUT2D eigenvalue weighted by Gasteiger charge is 2.22. The molecule has 1 aliphatic carbocycles. The Hall–Kier alpha value is -6.37. The summed E-state index contributed by atoms with van der Waals surface area (Å²) in [5.41, 5.74) is 8.19. The van der Waals surface area contributed by atoms with Gasteiger partial charge in [-0.1, -0.05) is 133 Å². The zero-order valence-corrected chi connectivity index (χ0v) is 28.3. The largest absolute Gasteiger partial charge is 0.232 e. The van der Waals surface area contributed by atoms with Gasteiger partial charge in [-0.25, -0.2) is 24.9 Å². The summed E-state index contributed by atoms with van der Waals surface area (Å²) in [6, 6.07) is 48.2. The zero-order chi connectivity index (χ0) is 33.7. The molecular weight excluding hydrogens is 643 g/mol. The zero-order valence-electron chi connectivity index (χ0n) is 27.5. The Morgan fingerprint density at radius 3 is 1.94 bits per heavy atom. The fourth-order valence-electron chi connectivity index (χ4n) is 7.12. The number of thiophene rings is 1. The van der Waals surface area contributed by atoms with Crippen LogP contribution in [0.25, 0.3) is 93.8 Å². The summed E-state index contributed by atoms with van der Waals surface area (Å²) in [6.45, 7) is 0. The van der Waals surface area contributed by atoms with Crippen LogP contribution in [-0.4, -0.2) is 24.9 Å². The molecule has 0 saturated heterocycles. The molecule has 0 amide bonds. The molecular formula is C45H29N5S. The van der Waals surface area contributed by atoms with Crippen LogP contribution in [0.1, 0.15) is 17.7 Å². The van der Waals surface area contributed by atoms with E-state index < -0.39 is 0 Å². The third-order valence-electron chi connectivity index (χ3n) is 9.58. The van der Waals surface area contributed by atoms with E-state index >= 15 is 0 Å². The number of hydrogen-bond donors (Lipinski definition) is 0. The maximum absolute atomic E-state index is 5.34. The lowest BCUT2D eigenvalue weighted by molar-refractivity contribution is 0.915. The number of benzene rings is 6. The Morgan fingerprint density at radius 1 is 0.490 bits per heavy atom. The monoisotopic (exact) mass is 671 g/mol. The molecule has 0 saturated carbocycles. The van der Waals surface area contributed by atoms with Crippen molar-refractivity contribution in [3.8, 4) is 56.8 Å². The summed E-state index contributed by atoms with van der Waals surface area (Å²) in [5, 5.41) is 4.68. The highest BCUT2D eigenvalue weighted by molar-refractivity contribution is 7.26. The van der Waals surface area contributed by atoms with E-state index in [1.54, 1.807) is 11.3 Å². The van der Waals surface area contributed by atoms with Crippen molar-refractivity contribution in [1.29, 1.82) is 0 Å². The predicted octanol–water partition coefficient (Wildman–Crippen LogP) is 11.5. The summed E-state index contributed by atoms with van der Waals surface area (Å²) in [5.74, 6) is 2.70. The second kappa shape index (κ2) is 12.2. The highest BCUT2D eigenvalue weighted by Crippen LogP contribution is 2.44. The molecule has 3 aromatic heterocycles. The smallest absolute Gasteiger partial charge is 0.164 e. The van der Waals surface area contributed by atoms with Crippen LogP contribution in [0.15, 0.2) is 146 Å². The summed E-state index contributed by atoms with van der Waals surface area (Å²) < 4.78 is 2.31. The van der Waals surface area contributed by atoms with E-state index in [4.69, 9.17) is 24.9 Å². The molecule has 9 aromatic rings. The first kappa shape index (κ1) is 29.5. The first-order chi connectivity index (χ1) is 25.3. The van der Waals surface area contributed by atoms with Crippen LogP contribution in [-0.2, 0) is 6.42 Å². The van der Waals surface area contributed by atoms with Crippen molar-refractivity contribution in [3.05, 3.63) is 157 Å². The maximum Gasteiger partial charge on any atom is 0.164 e. The number of fused-ring (bicyclic) bond motifs is 5. The molecule has 0 aliphatic heterocycles. The van der Waals surface area contributed by atoms with Crippen molar-refractivity contribution in [3.63, 3.8) is 0 Å². The first-order valence-corrected chi connectivity index (χ1v) is 18.0. The summed E-state index contributed by atoms with van der Waals surface area (Å²) in [4.78, 5) is 25.7. The van der Waals surface area contributed by atoms with E-state index in [-0.39, 0.29) is 0 Å². The van der Waals surface area contributed by atoms with Gasteiger partial charge in [0.25, 0.3) is 0 Å². The van der Waals surface area contributed by atoms with Crippen LogP contribution in [0.4, 0.5) is 0 Å². The van der Waals surface area contributed by atoms with E-state index in [2.05, 4.69) is 91.0 Å². The van der Waals surface area contributed by atoms with Gasteiger partial charge in [0.1, 0.15) is 0 Å². The van der Waals surface area contributed by atoms with Gasteiger partial charge in [0.2, 0.25) is 0 Å². The Labute approximate surface area is 298 Å². The van der Waals surface area contributed by atoms with Crippen LogP contribution in [0.2, 0.25) is 0 Å². The van der Waals surface area contributed by atoms with Crippen molar-refractivity contribution >= 4 is 48.4 Å². The Morgan fingerprint density at radius 2 is 1.16 bits per heavy atom. The number of aromatic nitrogens is 5. The van der Waals surface area contributed by atoms with Crippen LogP contribution >= 0.6 is 11.3 Å². The van der Waals surface area contributed by atoms with Gasteiger partial charge in [0.05, 0.1) is 11.4 Å². The van der Waals surface area contributed by atoms with Gasteiger partial charge in [-0.05, 0) is 41.8 Å². The fourth-order valence-corrected chi connectivity index (χ4v) is 8.36. The number of hydrogen-bond acceptors (Lipinski definition) is 6. The lowest BCUT2D eigenvalue weighted by atomic mass is 9.95. The summed E-state index contributed by atoms with van der Waals surface area (Å²) in [6.07, 6.45) is 6.29. The molecule has 5 nitrogen and oxygen atoms in total. The predicted molar refractivity (Wildman–Crippen MR) is 210 cm³/mol. The molecule has 240 valence electrons. The van der Waals surface area contributed by atoms with Crippen LogP contribution < -0.4 is 0 Å².